The van der Waals surface area contributed by atoms with E-state index >= 15 is 0 Å². The number of halogens is 1. The molecule has 0 spiro atoms. The van der Waals surface area contributed by atoms with E-state index in [2.05, 4.69) is 11.8 Å². The highest BCUT2D eigenvalue weighted by Crippen LogP contribution is 2.37. The molecule has 4 aromatic rings. The van der Waals surface area contributed by atoms with Crippen molar-refractivity contribution in [3.63, 3.8) is 0 Å². The third-order valence-corrected chi connectivity index (χ3v) is 4.57. The van der Waals surface area contributed by atoms with E-state index in [0.29, 0.717) is 0 Å². The highest BCUT2D eigenvalue weighted by Gasteiger charge is 2.19. The van der Waals surface area contributed by atoms with E-state index in [4.69, 9.17) is 0 Å². The average molecular weight is 352 g/mol. The zero-order chi connectivity index (χ0) is 18.6. The highest BCUT2D eigenvalue weighted by molar-refractivity contribution is 5.89. The van der Waals surface area contributed by atoms with Crippen LogP contribution in [0.2, 0.25) is 0 Å². The maximum absolute atomic E-state index is 13.5. The monoisotopic (exact) mass is 352 g/mol. The predicted octanol–water partition coefficient (Wildman–Crippen LogP) is 5.87. The van der Waals surface area contributed by atoms with Crippen LogP contribution in [0.3, 0.4) is 0 Å². The topological polar surface area (TPSA) is 20.2 Å². The summed E-state index contributed by atoms with van der Waals surface area (Å²) in [6.07, 6.45) is 0. The molecule has 1 unspecified atom stereocenters. The largest absolute Gasteiger partial charge is 0.508 e. The van der Waals surface area contributed by atoms with E-state index in [1.165, 1.54) is 12.1 Å². The number of rotatable bonds is 2. The fraction of sp³-hybridized carbons (Fsp3) is 0.0400. The summed E-state index contributed by atoms with van der Waals surface area (Å²) >= 11 is 0. The number of hydrogen-bond donors (Lipinski definition) is 1. The van der Waals surface area contributed by atoms with Crippen LogP contribution < -0.4 is 0 Å². The molecule has 0 aliphatic rings. The van der Waals surface area contributed by atoms with Gasteiger partial charge in [-0.05, 0) is 46.7 Å². The molecule has 4 aromatic carbocycles. The van der Waals surface area contributed by atoms with Crippen LogP contribution in [0.25, 0.3) is 10.8 Å². The van der Waals surface area contributed by atoms with Gasteiger partial charge < -0.3 is 5.11 Å². The Hall–Kier alpha value is -3.57. The summed E-state index contributed by atoms with van der Waals surface area (Å²) in [4.78, 5) is 0. The number of hydrogen-bond acceptors (Lipinski definition) is 1. The lowest BCUT2D eigenvalue weighted by Gasteiger charge is -2.16. The molecule has 0 bridgehead atoms. The van der Waals surface area contributed by atoms with Gasteiger partial charge in [-0.25, -0.2) is 4.39 Å². The molecule has 0 radical (unpaired) electrons. The first-order valence-corrected chi connectivity index (χ1v) is 8.75. The van der Waals surface area contributed by atoms with Crippen LogP contribution in [0.5, 0.6) is 5.75 Å². The first-order valence-electron chi connectivity index (χ1n) is 8.75. The number of fused-ring (bicyclic) bond motifs is 1. The Morgan fingerprint density at radius 1 is 0.741 bits per heavy atom. The van der Waals surface area contributed by atoms with Gasteiger partial charge in [0.25, 0.3) is 0 Å². The molecule has 0 saturated carbocycles. The van der Waals surface area contributed by atoms with Crippen molar-refractivity contribution in [3.05, 3.63) is 114 Å². The third kappa shape index (κ3) is 3.54. The van der Waals surface area contributed by atoms with Crippen LogP contribution in [-0.2, 0) is 0 Å². The quantitative estimate of drug-likeness (QED) is 0.448. The standard InChI is InChI=1S/C25H17FO/c26-21-14-11-20(12-15-21)23(16-10-18-6-2-1-3-7-18)25-22-9-5-4-8-19(22)13-17-24(25)27/h1-9,11-15,17,23,27H. The summed E-state index contributed by atoms with van der Waals surface area (Å²) in [5.41, 5.74) is 2.47. The third-order valence-electron chi connectivity index (χ3n) is 4.57. The van der Waals surface area contributed by atoms with Gasteiger partial charge in [0, 0.05) is 11.1 Å². The van der Waals surface area contributed by atoms with E-state index in [1.54, 1.807) is 18.2 Å². The summed E-state index contributed by atoms with van der Waals surface area (Å²) < 4.78 is 13.5. The molecule has 0 heterocycles. The minimum absolute atomic E-state index is 0.186. The molecule has 27 heavy (non-hydrogen) atoms. The summed E-state index contributed by atoms with van der Waals surface area (Å²) in [5.74, 6) is 5.99. The van der Waals surface area contributed by atoms with Gasteiger partial charge in [0.15, 0.2) is 0 Å². The van der Waals surface area contributed by atoms with Crippen molar-refractivity contribution in [1.82, 2.24) is 0 Å². The Bertz CT molecular complexity index is 1140. The first kappa shape index (κ1) is 16.9. The smallest absolute Gasteiger partial charge is 0.123 e. The van der Waals surface area contributed by atoms with Crippen molar-refractivity contribution in [2.75, 3.05) is 0 Å². The maximum Gasteiger partial charge on any atom is 0.123 e. The van der Waals surface area contributed by atoms with E-state index in [1.807, 2.05) is 60.7 Å². The van der Waals surface area contributed by atoms with Crippen molar-refractivity contribution in [3.8, 4) is 17.6 Å². The molecule has 1 nitrogen and oxygen atoms in total. The van der Waals surface area contributed by atoms with Gasteiger partial charge in [-0.3, -0.25) is 0 Å². The molecule has 0 aliphatic heterocycles. The van der Waals surface area contributed by atoms with Crippen molar-refractivity contribution < 1.29 is 9.50 Å². The second kappa shape index (κ2) is 7.35. The van der Waals surface area contributed by atoms with Crippen molar-refractivity contribution in [1.29, 1.82) is 0 Å². The highest BCUT2D eigenvalue weighted by atomic mass is 19.1. The normalized spacial score (nSPS) is 11.6. The van der Waals surface area contributed by atoms with Gasteiger partial charge >= 0.3 is 0 Å². The van der Waals surface area contributed by atoms with E-state index < -0.39 is 0 Å². The number of aromatic hydroxyl groups is 1. The van der Waals surface area contributed by atoms with Gasteiger partial charge in [0.1, 0.15) is 11.6 Å². The van der Waals surface area contributed by atoms with Crippen LogP contribution in [0.1, 0.15) is 22.6 Å². The van der Waals surface area contributed by atoms with Crippen molar-refractivity contribution in [2.45, 2.75) is 5.92 Å². The Morgan fingerprint density at radius 2 is 1.44 bits per heavy atom. The fourth-order valence-corrected chi connectivity index (χ4v) is 3.24. The number of phenolic OH excluding ortho intramolecular Hbond substituents is 1. The molecule has 0 aromatic heterocycles. The maximum atomic E-state index is 13.5. The number of phenols is 1. The predicted molar refractivity (Wildman–Crippen MR) is 107 cm³/mol. The summed E-state index contributed by atoms with van der Waals surface area (Å²) in [6, 6.07) is 27.5. The molecule has 0 fully saturated rings. The molecule has 0 saturated heterocycles. The summed E-state index contributed by atoms with van der Waals surface area (Å²) in [6.45, 7) is 0. The lowest BCUT2D eigenvalue weighted by molar-refractivity contribution is 0.469. The van der Waals surface area contributed by atoms with Gasteiger partial charge in [0.05, 0.1) is 5.92 Å². The molecule has 1 N–H and O–H groups in total. The lowest BCUT2D eigenvalue weighted by Crippen LogP contribution is -2.01. The summed E-state index contributed by atoms with van der Waals surface area (Å²) in [7, 11) is 0. The van der Waals surface area contributed by atoms with Gasteiger partial charge in [0.2, 0.25) is 0 Å². The Morgan fingerprint density at radius 3 is 2.22 bits per heavy atom. The Balaban J connectivity index is 1.93. The van der Waals surface area contributed by atoms with Crippen LogP contribution >= 0.6 is 0 Å². The first-order chi connectivity index (χ1) is 13.2. The van der Waals surface area contributed by atoms with Crippen molar-refractivity contribution in [2.24, 2.45) is 0 Å². The van der Waals surface area contributed by atoms with Gasteiger partial charge in [-0.15, -0.1) is 0 Å². The Kier molecular flexibility index (Phi) is 4.60. The molecule has 130 valence electrons. The zero-order valence-electron chi connectivity index (χ0n) is 14.6. The van der Waals surface area contributed by atoms with Crippen LogP contribution in [0, 0.1) is 17.7 Å². The summed E-state index contributed by atoms with van der Waals surface area (Å²) in [5, 5.41) is 12.6. The van der Waals surface area contributed by atoms with Crippen LogP contribution in [0.15, 0.2) is 91.0 Å². The second-order valence-corrected chi connectivity index (χ2v) is 6.34. The minimum atomic E-state index is -0.378. The van der Waals surface area contributed by atoms with E-state index in [-0.39, 0.29) is 17.5 Å². The SMILES string of the molecule is Oc1ccc2ccccc2c1C(C#Cc1ccccc1)c1ccc(F)cc1. The molecule has 2 heteroatoms. The molecule has 0 amide bonds. The molecule has 0 aliphatic carbocycles. The van der Waals surface area contributed by atoms with Gasteiger partial charge in [-0.1, -0.05) is 72.5 Å². The lowest BCUT2D eigenvalue weighted by atomic mass is 9.87. The second-order valence-electron chi connectivity index (χ2n) is 6.34. The average Bonchev–Trinajstić information content (AvgIpc) is 2.71. The zero-order valence-corrected chi connectivity index (χ0v) is 14.6. The van der Waals surface area contributed by atoms with Gasteiger partial charge in [-0.2, -0.15) is 0 Å². The van der Waals surface area contributed by atoms with Crippen LogP contribution in [0.4, 0.5) is 4.39 Å². The van der Waals surface area contributed by atoms with Crippen molar-refractivity contribution >= 4 is 10.8 Å². The fourth-order valence-electron chi connectivity index (χ4n) is 3.24. The molecule has 1 atom stereocenters. The molecular weight excluding hydrogens is 335 g/mol. The van der Waals surface area contributed by atoms with E-state index in [0.717, 1.165) is 27.5 Å². The van der Waals surface area contributed by atoms with Crippen LogP contribution in [-0.4, -0.2) is 5.11 Å². The van der Waals surface area contributed by atoms with E-state index in [9.17, 15) is 9.50 Å². The number of benzene rings is 4. The minimum Gasteiger partial charge on any atom is -0.508 e. The molecular formula is C25H17FO. The Labute approximate surface area is 157 Å². The molecule has 4 rings (SSSR count).